The Hall–Kier alpha value is -2.26. The van der Waals surface area contributed by atoms with Gasteiger partial charge in [-0.2, -0.15) is 0 Å². The number of thiocarbonyl (C=S) groups is 1. The molecule has 1 N–H and O–H groups in total. The first-order chi connectivity index (χ1) is 15.8. The maximum absolute atomic E-state index is 12.6. The standard InChI is InChI=1S/C23H22Cl2N2O4S2/c1-3-4-7-27-22(29)20(33-23(27)32)9-14-5-6-18(19(8-14)30-2)31-13-21(28)26-17-11-15(24)10-16(25)12-17/h5-6,8-12H,3-4,7,13H2,1-2H3,(H,26,28)/b20-9-. The van der Waals surface area contributed by atoms with Crippen molar-refractivity contribution < 1.29 is 19.1 Å². The van der Waals surface area contributed by atoms with Crippen molar-refractivity contribution in [3.63, 3.8) is 0 Å². The predicted molar refractivity (Wildman–Crippen MR) is 138 cm³/mol. The molecular weight excluding hydrogens is 503 g/mol. The van der Waals surface area contributed by atoms with Gasteiger partial charge in [0.05, 0.1) is 12.0 Å². The summed E-state index contributed by atoms with van der Waals surface area (Å²) in [6, 6.07) is 9.96. The topological polar surface area (TPSA) is 67.9 Å². The Balaban J connectivity index is 1.66. The Labute approximate surface area is 212 Å². The van der Waals surface area contributed by atoms with E-state index in [0.29, 0.717) is 43.0 Å². The van der Waals surface area contributed by atoms with E-state index in [4.69, 9.17) is 44.9 Å². The molecule has 0 aliphatic carbocycles. The van der Waals surface area contributed by atoms with Crippen molar-refractivity contribution in [2.75, 3.05) is 25.6 Å². The first-order valence-corrected chi connectivity index (χ1v) is 12.1. The van der Waals surface area contributed by atoms with Gasteiger partial charge < -0.3 is 14.8 Å². The number of hydrogen-bond donors (Lipinski definition) is 1. The molecule has 2 aromatic rings. The molecule has 0 bridgehead atoms. The molecule has 0 atom stereocenters. The van der Waals surface area contributed by atoms with Crippen LogP contribution >= 0.6 is 47.2 Å². The van der Waals surface area contributed by atoms with Gasteiger partial charge >= 0.3 is 0 Å². The minimum absolute atomic E-state index is 0.0875. The number of halogens is 2. The molecule has 0 unspecified atom stereocenters. The van der Waals surface area contributed by atoms with Crippen LogP contribution in [-0.2, 0) is 9.59 Å². The molecule has 174 valence electrons. The highest BCUT2D eigenvalue weighted by molar-refractivity contribution is 8.26. The maximum Gasteiger partial charge on any atom is 0.266 e. The zero-order chi connectivity index (χ0) is 24.0. The average Bonchev–Trinajstić information content (AvgIpc) is 3.02. The van der Waals surface area contributed by atoms with E-state index < -0.39 is 0 Å². The van der Waals surface area contributed by atoms with Crippen LogP contribution in [0.4, 0.5) is 5.69 Å². The molecule has 0 radical (unpaired) electrons. The van der Waals surface area contributed by atoms with E-state index >= 15 is 0 Å². The Kier molecular flexibility index (Phi) is 9.02. The lowest BCUT2D eigenvalue weighted by Gasteiger charge is -2.13. The van der Waals surface area contributed by atoms with Gasteiger partial charge in [-0.05, 0) is 48.4 Å². The number of methoxy groups -OCH3 is 1. The van der Waals surface area contributed by atoms with Crippen molar-refractivity contribution in [1.29, 1.82) is 0 Å². The number of carbonyl (C=O) groups excluding carboxylic acids is 2. The molecule has 33 heavy (non-hydrogen) atoms. The molecule has 1 aliphatic rings. The van der Waals surface area contributed by atoms with Gasteiger partial charge in [0.1, 0.15) is 4.32 Å². The summed E-state index contributed by atoms with van der Waals surface area (Å²) in [4.78, 5) is 27.1. The number of anilines is 1. The summed E-state index contributed by atoms with van der Waals surface area (Å²) in [5, 5.41) is 3.51. The Bertz CT molecular complexity index is 1090. The summed E-state index contributed by atoms with van der Waals surface area (Å²) in [5.41, 5.74) is 1.23. The van der Waals surface area contributed by atoms with Crippen LogP contribution < -0.4 is 14.8 Å². The number of rotatable bonds is 9. The summed E-state index contributed by atoms with van der Waals surface area (Å²) in [6.07, 6.45) is 3.66. The van der Waals surface area contributed by atoms with Gasteiger partial charge in [-0.1, -0.05) is 66.6 Å². The van der Waals surface area contributed by atoms with E-state index in [1.807, 2.05) is 0 Å². The number of nitrogens with one attached hydrogen (secondary N) is 1. The third kappa shape index (κ3) is 6.86. The summed E-state index contributed by atoms with van der Waals surface area (Å²) >= 11 is 18.5. The van der Waals surface area contributed by atoms with Crippen LogP contribution in [0.5, 0.6) is 11.5 Å². The largest absolute Gasteiger partial charge is 0.493 e. The molecule has 2 aromatic carbocycles. The summed E-state index contributed by atoms with van der Waals surface area (Å²) in [6.45, 7) is 2.45. The summed E-state index contributed by atoms with van der Waals surface area (Å²) in [7, 11) is 1.50. The maximum atomic E-state index is 12.6. The number of thioether (sulfide) groups is 1. The Morgan fingerprint density at radius 3 is 2.58 bits per heavy atom. The minimum Gasteiger partial charge on any atom is -0.493 e. The van der Waals surface area contributed by atoms with E-state index in [2.05, 4.69) is 12.2 Å². The molecule has 10 heteroatoms. The molecular formula is C23H22Cl2N2O4S2. The minimum atomic E-state index is -0.379. The molecule has 0 saturated carbocycles. The fourth-order valence-corrected chi connectivity index (χ4v) is 4.85. The SMILES string of the molecule is CCCCN1C(=O)/C(=C/c2ccc(OCC(=O)Nc3cc(Cl)cc(Cl)c3)c(OC)c2)SC1=S. The molecule has 1 aliphatic heterocycles. The number of amides is 2. The molecule has 1 saturated heterocycles. The molecule has 0 spiro atoms. The zero-order valence-corrected chi connectivity index (χ0v) is 21.2. The first-order valence-electron chi connectivity index (χ1n) is 10.1. The van der Waals surface area contributed by atoms with E-state index in [-0.39, 0.29) is 18.4 Å². The quantitative estimate of drug-likeness (QED) is 0.319. The normalized spacial score (nSPS) is 14.7. The lowest BCUT2D eigenvalue weighted by atomic mass is 10.2. The van der Waals surface area contributed by atoms with Crippen molar-refractivity contribution in [1.82, 2.24) is 4.90 Å². The number of ether oxygens (including phenoxy) is 2. The molecule has 3 rings (SSSR count). The highest BCUT2D eigenvalue weighted by atomic mass is 35.5. The molecule has 2 amide bonds. The van der Waals surface area contributed by atoms with Gasteiger partial charge in [0.25, 0.3) is 11.8 Å². The van der Waals surface area contributed by atoms with Gasteiger partial charge in [0.2, 0.25) is 0 Å². The second-order valence-electron chi connectivity index (χ2n) is 7.09. The van der Waals surface area contributed by atoms with Gasteiger partial charge in [-0.3, -0.25) is 14.5 Å². The summed E-state index contributed by atoms with van der Waals surface area (Å²) in [5.74, 6) is 0.360. The monoisotopic (exact) mass is 524 g/mol. The van der Waals surface area contributed by atoms with Crippen LogP contribution in [0.3, 0.4) is 0 Å². The average molecular weight is 525 g/mol. The number of nitrogens with zero attached hydrogens (tertiary/aromatic N) is 1. The van der Waals surface area contributed by atoms with Crippen LogP contribution in [0.1, 0.15) is 25.3 Å². The van der Waals surface area contributed by atoms with E-state index in [1.165, 1.54) is 18.9 Å². The third-order valence-corrected chi connectivity index (χ3v) is 6.41. The summed E-state index contributed by atoms with van der Waals surface area (Å²) < 4.78 is 11.6. The van der Waals surface area contributed by atoms with Crippen molar-refractivity contribution in [2.45, 2.75) is 19.8 Å². The van der Waals surface area contributed by atoms with Crippen LogP contribution in [0.15, 0.2) is 41.3 Å². The Morgan fingerprint density at radius 2 is 1.91 bits per heavy atom. The first kappa shape index (κ1) is 25.4. The van der Waals surface area contributed by atoms with Gasteiger partial charge in [-0.15, -0.1) is 0 Å². The molecule has 1 heterocycles. The number of unbranched alkanes of at least 4 members (excludes halogenated alkanes) is 1. The predicted octanol–water partition coefficient (Wildman–Crippen LogP) is 6.02. The van der Waals surface area contributed by atoms with Gasteiger partial charge in [0.15, 0.2) is 18.1 Å². The number of hydrogen-bond acceptors (Lipinski definition) is 6. The molecule has 1 fully saturated rings. The van der Waals surface area contributed by atoms with Gasteiger partial charge in [0, 0.05) is 22.3 Å². The van der Waals surface area contributed by atoms with Crippen molar-refractivity contribution in [2.24, 2.45) is 0 Å². The lowest BCUT2D eigenvalue weighted by Crippen LogP contribution is -2.28. The highest BCUT2D eigenvalue weighted by Crippen LogP contribution is 2.35. The van der Waals surface area contributed by atoms with Gasteiger partial charge in [-0.25, -0.2) is 0 Å². The fourth-order valence-electron chi connectivity index (χ4n) is 3.02. The van der Waals surface area contributed by atoms with Crippen molar-refractivity contribution in [3.05, 3.63) is 56.9 Å². The second-order valence-corrected chi connectivity index (χ2v) is 9.64. The highest BCUT2D eigenvalue weighted by Gasteiger charge is 2.31. The molecule has 0 aromatic heterocycles. The fraction of sp³-hybridized carbons (Fsp3) is 0.261. The van der Waals surface area contributed by atoms with Crippen LogP contribution in [-0.4, -0.2) is 41.3 Å². The second kappa shape index (κ2) is 11.7. The number of benzene rings is 2. The smallest absolute Gasteiger partial charge is 0.266 e. The number of carbonyl (C=O) groups is 2. The van der Waals surface area contributed by atoms with E-state index in [9.17, 15) is 9.59 Å². The van der Waals surface area contributed by atoms with E-state index in [0.717, 1.165) is 18.4 Å². The molecule has 6 nitrogen and oxygen atoms in total. The van der Waals surface area contributed by atoms with Crippen molar-refractivity contribution >= 4 is 75.1 Å². The van der Waals surface area contributed by atoms with Crippen molar-refractivity contribution in [3.8, 4) is 11.5 Å². The van der Waals surface area contributed by atoms with Crippen LogP contribution in [0.2, 0.25) is 10.0 Å². The third-order valence-electron chi connectivity index (χ3n) is 4.60. The van der Waals surface area contributed by atoms with Crippen LogP contribution in [0.25, 0.3) is 6.08 Å². The van der Waals surface area contributed by atoms with E-state index in [1.54, 1.807) is 47.4 Å². The lowest BCUT2D eigenvalue weighted by molar-refractivity contribution is -0.122. The zero-order valence-electron chi connectivity index (χ0n) is 18.0. The van der Waals surface area contributed by atoms with Crippen LogP contribution in [0, 0.1) is 0 Å². The Morgan fingerprint density at radius 1 is 1.18 bits per heavy atom.